The average molecular weight is 565 g/mol. The molecule has 12 heteroatoms. The molecular weight excluding hydrogens is 536 g/mol. The minimum absolute atomic E-state index is 0.382. The SMILES string of the molecule is CCCCc1cc(NC(=O)Nc2ccc(Oc3ccnc4[nH]c(=O)[nH]c34)c3ncccc23)n(-c2ccc(OC)cc2)n1. The van der Waals surface area contributed by atoms with E-state index in [1.807, 2.05) is 36.4 Å². The number of fused-ring (bicyclic) bond motifs is 2. The molecule has 0 aliphatic rings. The maximum Gasteiger partial charge on any atom is 0.325 e. The third kappa shape index (κ3) is 5.37. The number of aromatic amines is 2. The van der Waals surface area contributed by atoms with Crippen molar-refractivity contribution in [1.29, 1.82) is 0 Å². The highest BCUT2D eigenvalue weighted by atomic mass is 16.5. The van der Waals surface area contributed by atoms with Crippen molar-refractivity contribution in [3.05, 3.63) is 89.2 Å². The molecule has 0 fully saturated rings. The first-order valence-corrected chi connectivity index (χ1v) is 13.5. The van der Waals surface area contributed by atoms with Gasteiger partial charge in [-0.3, -0.25) is 15.3 Å². The van der Waals surface area contributed by atoms with Gasteiger partial charge in [-0.1, -0.05) is 13.3 Å². The second-order valence-corrected chi connectivity index (χ2v) is 9.54. The zero-order valence-corrected chi connectivity index (χ0v) is 23.0. The zero-order valence-electron chi connectivity index (χ0n) is 23.0. The Bertz CT molecular complexity index is 1940. The summed E-state index contributed by atoms with van der Waals surface area (Å²) >= 11 is 0. The highest BCUT2D eigenvalue weighted by Gasteiger charge is 2.16. The van der Waals surface area contributed by atoms with Crippen LogP contribution < -0.4 is 25.8 Å². The number of amides is 2. The van der Waals surface area contributed by atoms with Crippen LogP contribution in [0.1, 0.15) is 25.5 Å². The van der Waals surface area contributed by atoms with E-state index in [-0.39, 0.29) is 5.69 Å². The molecule has 6 aromatic rings. The van der Waals surface area contributed by atoms with Gasteiger partial charge in [-0.2, -0.15) is 5.10 Å². The van der Waals surface area contributed by atoms with E-state index in [1.54, 1.807) is 48.5 Å². The smallest absolute Gasteiger partial charge is 0.325 e. The first-order chi connectivity index (χ1) is 20.5. The highest BCUT2D eigenvalue weighted by molar-refractivity contribution is 6.06. The van der Waals surface area contributed by atoms with E-state index < -0.39 is 6.03 Å². The van der Waals surface area contributed by atoms with Crippen molar-refractivity contribution in [1.82, 2.24) is 29.7 Å². The summed E-state index contributed by atoms with van der Waals surface area (Å²) in [7, 11) is 1.61. The number of carbonyl (C=O) groups is 1. The second kappa shape index (κ2) is 11.5. The average Bonchev–Trinajstić information content (AvgIpc) is 3.60. The minimum atomic E-state index is -0.439. The number of nitrogens with one attached hydrogen (secondary N) is 4. The van der Waals surface area contributed by atoms with Crippen LogP contribution in [-0.4, -0.2) is 42.9 Å². The van der Waals surface area contributed by atoms with Gasteiger partial charge in [0.1, 0.15) is 22.6 Å². The van der Waals surface area contributed by atoms with Gasteiger partial charge in [0.2, 0.25) is 0 Å². The summed E-state index contributed by atoms with van der Waals surface area (Å²) in [6.07, 6.45) is 6.01. The van der Waals surface area contributed by atoms with Gasteiger partial charge in [0.05, 0.1) is 24.2 Å². The van der Waals surface area contributed by atoms with Crippen molar-refractivity contribution in [2.75, 3.05) is 17.7 Å². The van der Waals surface area contributed by atoms with E-state index in [2.05, 4.69) is 37.5 Å². The standard InChI is InChI=1S/C30H28N8O4/c1-3-4-6-18-17-25(38(37-18)19-8-10-20(41-2)11-9-19)34-29(39)33-22-12-13-23(26-21(22)7-5-15-31-26)42-24-14-16-32-28-27(24)35-30(40)36-28/h5,7-17H,3-4,6H2,1-2H3,(H2,33,34,39)(H2,32,35,36,40). The van der Waals surface area contributed by atoms with Crippen LogP contribution in [0.5, 0.6) is 17.2 Å². The largest absolute Gasteiger partial charge is 0.497 e. The predicted octanol–water partition coefficient (Wildman–Crippen LogP) is 5.77. The van der Waals surface area contributed by atoms with Crippen LogP contribution >= 0.6 is 0 Å². The number of imidazole rings is 1. The Morgan fingerprint density at radius 2 is 1.83 bits per heavy atom. The zero-order chi connectivity index (χ0) is 29.1. The quantitative estimate of drug-likeness (QED) is 0.174. The lowest BCUT2D eigenvalue weighted by atomic mass is 10.1. The molecule has 4 aromatic heterocycles. The van der Waals surface area contributed by atoms with Crippen molar-refractivity contribution >= 4 is 39.6 Å². The van der Waals surface area contributed by atoms with Crippen LogP contribution in [-0.2, 0) is 6.42 Å². The number of ether oxygens (including phenoxy) is 2. The summed E-state index contributed by atoms with van der Waals surface area (Å²) in [5.74, 6) is 2.12. The maximum atomic E-state index is 13.3. The molecule has 2 aromatic carbocycles. The van der Waals surface area contributed by atoms with E-state index in [1.165, 1.54) is 0 Å². The molecule has 0 aliphatic heterocycles. The maximum absolute atomic E-state index is 13.3. The fraction of sp³-hybridized carbons (Fsp3) is 0.167. The molecule has 6 rings (SSSR count). The van der Waals surface area contributed by atoms with E-state index >= 15 is 0 Å². The number of nitrogens with zero attached hydrogens (tertiary/aromatic N) is 4. The Labute approximate surface area is 239 Å². The van der Waals surface area contributed by atoms with Crippen molar-refractivity contribution in [3.63, 3.8) is 0 Å². The molecule has 0 aliphatic carbocycles. The molecule has 12 nitrogen and oxygen atoms in total. The van der Waals surface area contributed by atoms with Gasteiger partial charge in [-0.25, -0.2) is 19.3 Å². The molecule has 0 spiro atoms. The van der Waals surface area contributed by atoms with E-state index in [0.29, 0.717) is 45.1 Å². The molecule has 0 unspecified atom stereocenters. The number of hydrogen-bond donors (Lipinski definition) is 4. The number of aromatic nitrogens is 6. The van der Waals surface area contributed by atoms with Gasteiger partial charge in [0.15, 0.2) is 17.1 Å². The fourth-order valence-electron chi connectivity index (χ4n) is 4.64. The molecular formula is C30H28N8O4. The number of rotatable bonds is 9. The predicted molar refractivity (Wildman–Crippen MR) is 160 cm³/mol. The first-order valence-electron chi connectivity index (χ1n) is 13.5. The number of unbranched alkanes of at least 4 members (excludes halogenated alkanes) is 1. The van der Waals surface area contributed by atoms with Crippen LogP contribution in [0, 0.1) is 0 Å². The van der Waals surface area contributed by atoms with Crippen LogP contribution in [0.25, 0.3) is 27.8 Å². The molecule has 0 saturated heterocycles. The first kappa shape index (κ1) is 26.6. The number of methoxy groups -OCH3 is 1. The Morgan fingerprint density at radius 1 is 0.976 bits per heavy atom. The Kier molecular flexibility index (Phi) is 7.24. The van der Waals surface area contributed by atoms with Crippen molar-refractivity contribution in [2.24, 2.45) is 0 Å². The molecule has 0 bridgehead atoms. The van der Waals surface area contributed by atoms with Crippen LogP contribution in [0.15, 0.2) is 77.9 Å². The summed E-state index contributed by atoms with van der Waals surface area (Å²) in [5.41, 5.74) is 3.19. The Hall–Kier alpha value is -5.65. The van der Waals surface area contributed by atoms with Crippen LogP contribution in [0.4, 0.5) is 16.3 Å². The molecule has 2 amide bonds. The molecule has 4 heterocycles. The lowest BCUT2D eigenvalue weighted by molar-refractivity contribution is 0.262. The second-order valence-electron chi connectivity index (χ2n) is 9.54. The number of pyridine rings is 2. The monoisotopic (exact) mass is 564 g/mol. The highest BCUT2D eigenvalue weighted by Crippen LogP contribution is 2.34. The summed E-state index contributed by atoms with van der Waals surface area (Å²) in [6, 6.07) is 17.6. The third-order valence-corrected chi connectivity index (χ3v) is 6.69. The number of aryl methyl sites for hydroxylation is 1. The summed E-state index contributed by atoms with van der Waals surface area (Å²) in [4.78, 5) is 39.0. The number of urea groups is 1. The number of benzene rings is 2. The molecule has 0 atom stereocenters. The lowest BCUT2D eigenvalue weighted by Crippen LogP contribution is -2.21. The van der Waals surface area contributed by atoms with Gasteiger partial charge < -0.3 is 19.8 Å². The van der Waals surface area contributed by atoms with Gasteiger partial charge in [0, 0.05) is 29.9 Å². The molecule has 0 radical (unpaired) electrons. The summed E-state index contributed by atoms with van der Waals surface area (Å²) in [5, 5.41) is 11.3. The normalized spacial score (nSPS) is 11.1. The summed E-state index contributed by atoms with van der Waals surface area (Å²) in [6.45, 7) is 2.13. The Balaban J connectivity index is 1.27. The number of anilines is 2. The summed E-state index contributed by atoms with van der Waals surface area (Å²) < 4.78 is 13.1. The van der Waals surface area contributed by atoms with E-state index in [0.717, 1.165) is 36.4 Å². The number of carbonyl (C=O) groups excluding carboxylic acids is 1. The molecule has 4 N–H and O–H groups in total. The van der Waals surface area contributed by atoms with Gasteiger partial charge >= 0.3 is 11.7 Å². The number of H-pyrrole nitrogens is 2. The van der Waals surface area contributed by atoms with Crippen LogP contribution in [0.2, 0.25) is 0 Å². The molecule has 0 saturated carbocycles. The minimum Gasteiger partial charge on any atom is -0.497 e. The van der Waals surface area contributed by atoms with Gasteiger partial charge in [-0.05, 0) is 61.4 Å². The molecule has 42 heavy (non-hydrogen) atoms. The number of hydrogen-bond acceptors (Lipinski definition) is 7. The third-order valence-electron chi connectivity index (χ3n) is 6.69. The van der Waals surface area contributed by atoms with Crippen molar-refractivity contribution in [2.45, 2.75) is 26.2 Å². The van der Waals surface area contributed by atoms with Gasteiger partial charge in [0.25, 0.3) is 0 Å². The van der Waals surface area contributed by atoms with E-state index in [9.17, 15) is 9.59 Å². The Morgan fingerprint density at radius 3 is 2.64 bits per heavy atom. The van der Waals surface area contributed by atoms with Crippen LogP contribution in [0.3, 0.4) is 0 Å². The van der Waals surface area contributed by atoms with Crippen molar-refractivity contribution < 1.29 is 14.3 Å². The van der Waals surface area contributed by atoms with E-state index in [4.69, 9.17) is 14.6 Å². The topological polar surface area (TPSA) is 152 Å². The van der Waals surface area contributed by atoms with Crippen molar-refractivity contribution in [3.8, 4) is 22.9 Å². The van der Waals surface area contributed by atoms with Gasteiger partial charge in [-0.15, -0.1) is 0 Å². The fourth-order valence-corrected chi connectivity index (χ4v) is 4.64. The lowest BCUT2D eigenvalue weighted by Gasteiger charge is -2.14. The molecule has 212 valence electrons.